The largest absolute Gasteiger partial charge is 0.374 e. The number of imidazole rings is 1. The van der Waals surface area contributed by atoms with Crippen molar-refractivity contribution in [3.8, 4) is 0 Å². The summed E-state index contributed by atoms with van der Waals surface area (Å²) in [6.07, 6.45) is -0.0651. The van der Waals surface area contributed by atoms with Gasteiger partial charge in [0, 0.05) is 25.2 Å². The molecule has 1 aromatic carbocycles. The molecule has 2 heterocycles. The summed E-state index contributed by atoms with van der Waals surface area (Å²) in [5, 5.41) is 0. The number of benzene rings is 1. The van der Waals surface area contributed by atoms with Crippen molar-refractivity contribution in [2.75, 3.05) is 32.0 Å². The maximum atomic E-state index is 13.7. The molecular formula is C14H18F2N4O. The van der Waals surface area contributed by atoms with Gasteiger partial charge in [0.15, 0.2) is 5.82 Å². The SMILES string of the molecule is CCN1CCOC(Cn2c(N)nc3c(F)cc(F)cc32)C1. The molecule has 3 rings (SSSR count). The van der Waals surface area contributed by atoms with Crippen LogP contribution < -0.4 is 5.73 Å². The van der Waals surface area contributed by atoms with Crippen LogP contribution in [-0.4, -0.2) is 46.8 Å². The monoisotopic (exact) mass is 296 g/mol. The fraction of sp³-hybridized carbons (Fsp3) is 0.500. The molecule has 2 N–H and O–H groups in total. The van der Waals surface area contributed by atoms with Crippen LogP contribution in [0.25, 0.3) is 11.0 Å². The number of halogens is 2. The Morgan fingerprint density at radius 3 is 3.00 bits per heavy atom. The molecule has 0 aliphatic carbocycles. The Morgan fingerprint density at radius 2 is 2.24 bits per heavy atom. The van der Waals surface area contributed by atoms with Crippen LogP contribution in [0.15, 0.2) is 12.1 Å². The second kappa shape index (κ2) is 5.57. The summed E-state index contributed by atoms with van der Waals surface area (Å²) in [4.78, 5) is 6.26. The lowest BCUT2D eigenvalue weighted by Crippen LogP contribution is -2.44. The predicted octanol–water partition coefficient (Wildman–Crippen LogP) is 1.62. The van der Waals surface area contributed by atoms with Gasteiger partial charge in [0.1, 0.15) is 11.3 Å². The van der Waals surface area contributed by atoms with Crippen molar-refractivity contribution in [2.45, 2.75) is 19.6 Å². The van der Waals surface area contributed by atoms with E-state index in [-0.39, 0.29) is 17.6 Å². The fourth-order valence-electron chi connectivity index (χ4n) is 2.74. The van der Waals surface area contributed by atoms with Gasteiger partial charge in [0.05, 0.1) is 24.8 Å². The molecule has 114 valence electrons. The Bertz CT molecular complexity index is 658. The van der Waals surface area contributed by atoms with Crippen LogP contribution in [0.3, 0.4) is 0 Å². The average molecular weight is 296 g/mol. The maximum Gasteiger partial charge on any atom is 0.201 e. The number of rotatable bonds is 3. The van der Waals surface area contributed by atoms with Gasteiger partial charge >= 0.3 is 0 Å². The zero-order chi connectivity index (χ0) is 15.0. The van der Waals surface area contributed by atoms with E-state index in [1.165, 1.54) is 6.07 Å². The van der Waals surface area contributed by atoms with Crippen LogP contribution in [0.1, 0.15) is 6.92 Å². The molecule has 1 fully saturated rings. The second-order valence-corrected chi connectivity index (χ2v) is 5.22. The van der Waals surface area contributed by atoms with Crippen LogP contribution in [0.2, 0.25) is 0 Å². The summed E-state index contributed by atoms with van der Waals surface area (Å²) < 4.78 is 34.5. The number of ether oxygens (including phenoxy) is 1. The van der Waals surface area contributed by atoms with Crippen LogP contribution in [0, 0.1) is 11.6 Å². The van der Waals surface area contributed by atoms with Crippen molar-refractivity contribution < 1.29 is 13.5 Å². The first-order valence-electron chi connectivity index (χ1n) is 7.03. The first-order chi connectivity index (χ1) is 10.1. The van der Waals surface area contributed by atoms with Crippen LogP contribution in [0.4, 0.5) is 14.7 Å². The molecule has 7 heteroatoms. The van der Waals surface area contributed by atoms with E-state index in [1.807, 2.05) is 0 Å². The van der Waals surface area contributed by atoms with Crippen molar-refractivity contribution in [1.29, 1.82) is 0 Å². The first-order valence-corrected chi connectivity index (χ1v) is 7.03. The number of likely N-dealkylation sites (N-methyl/N-ethyl adjacent to an activating group) is 1. The summed E-state index contributed by atoms with van der Waals surface area (Å²) >= 11 is 0. The number of hydrogen-bond acceptors (Lipinski definition) is 4. The minimum atomic E-state index is -0.699. The highest BCUT2D eigenvalue weighted by atomic mass is 19.1. The summed E-state index contributed by atoms with van der Waals surface area (Å²) in [5.74, 6) is -1.16. The van der Waals surface area contributed by atoms with Gasteiger partial charge in [-0.3, -0.25) is 4.90 Å². The molecule has 0 bridgehead atoms. The van der Waals surface area contributed by atoms with Crippen molar-refractivity contribution in [1.82, 2.24) is 14.5 Å². The highest BCUT2D eigenvalue weighted by Crippen LogP contribution is 2.23. The van der Waals surface area contributed by atoms with Gasteiger partial charge in [0.25, 0.3) is 0 Å². The highest BCUT2D eigenvalue weighted by molar-refractivity contribution is 5.79. The minimum Gasteiger partial charge on any atom is -0.374 e. The molecular weight excluding hydrogens is 278 g/mol. The van der Waals surface area contributed by atoms with E-state index < -0.39 is 11.6 Å². The molecule has 21 heavy (non-hydrogen) atoms. The fourth-order valence-corrected chi connectivity index (χ4v) is 2.74. The van der Waals surface area contributed by atoms with Gasteiger partial charge in [-0.15, -0.1) is 0 Å². The van der Waals surface area contributed by atoms with Gasteiger partial charge in [-0.25, -0.2) is 13.8 Å². The second-order valence-electron chi connectivity index (χ2n) is 5.22. The van der Waals surface area contributed by atoms with E-state index >= 15 is 0 Å². The minimum absolute atomic E-state index is 0.0651. The lowest BCUT2D eigenvalue weighted by molar-refractivity contribution is -0.0335. The van der Waals surface area contributed by atoms with Gasteiger partial charge in [-0.05, 0) is 6.54 Å². The number of fused-ring (bicyclic) bond motifs is 1. The third-order valence-electron chi connectivity index (χ3n) is 3.86. The topological polar surface area (TPSA) is 56.3 Å². The Labute approximate surface area is 121 Å². The van der Waals surface area contributed by atoms with Crippen molar-refractivity contribution >= 4 is 17.0 Å². The standard InChI is InChI=1S/C14H18F2N4O/c1-2-19-3-4-21-10(7-19)8-20-12-6-9(15)5-11(16)13(12)18-14(20)17/h5-6,10H,2-4,7-8H2,1H3,(H2,17,18). The Kier molecular flexibility index (Phi) is 3.77. The number of aromatic nitrogens is 2. The molecule has 0 saturated carbocycles. The van der Waals surface area contributed by atoms with Crippen molar-refractivity contribution in [3.05, 3.63) is 23.8 Å². The molecule has 2 aromatic rings. The lowest BCUT2D eigenvalue weighted by atomic mass is 10.2. The smallest absolute Gasteiger partial charge is 0.201 e. The number of anilines is 1. The van der Waals surface area contributed by atoms with Crippen LogP contribution in [-0.2, 0) is 11.3 Å². The molecule has 5 nitrogen and oxygen atoms in total. The first kappa shape index (κ1) is 14.2. The molecule has 1 saturated heterocycles. The number of nitrogen functional groups attached to an aromatic ring is 1. The maximum absolute atomic E-state index is 13.7. The number of nitrogens with zero attached hydrogens (tertiary/aromatic N) is 3. The van der Waals surface area contributed by atoms with E-state index in [0.717, 1.165) is 25.7 Å². The third kappa shape index (κ3) is 2.71. The van der Waals surface area contributed by atoms with E-state index in [4.69, 9.17) is 10.5 Å². The Balaban J connectivity index is 1.91. The molecule has 1 aliphatic heterocycles. The lowest BCUT2D eigenvalue weighted by Gasteiger charge is -2.32. The number of nitrogens with two attached hydrogens (primary N) is 1. The molecule has 1 atom stereocenters. The third-order valence-corrected chi connectivity index (χ3v) is 3.86. The summed E-state index contributed by atoms with van der Waals surface area (Å²) in [5.41, 5.74) is 6.31. The Hall–Kier alpha value is -1.73. The predicted molar refractivity (Wildman–Crippen MR) is 75.9 cm³/mol. The van der Waals surface area contributed by atoms with Gasteiger partial charge in [-0.2, -0.15) is 0 Å². The zero-order valence-corrected chi connectivity index (χ0v) is 11.9. The molecule has 1 aliphatic rings. The van der Waals surface area contributed by atoms with Gasteiger partial charge in [-0.1, -0.05) is 6.92 Å². The van der Waals surface area contributed by atoms with E-state index in [0.29, 0.717) is 18.7 Å². The van der Waals surface area contributed by atoms with Crippen LogP contribution in [0.5, 0.6) is 0 Å². The van der Waals surface area contributed by atoms with E-state index in [9.17, 15) is 8.78 Å². The summed E-state index contributed by atoms with van der Waals surface area (Å²) in [6.45, 7) is 5.79. The summed E-state index contributed by atoms with van der Waals surface area (Å²) in [6, 6.07) is 2.07. The average Bonchev–Trinajstić information content (AvgIpc) is 2.77. The molecule has 0 spiro atoms. The number of morpholine rings is 1. The van der Waals surface area contributed by atoms with Crippen molar-refractivity contribution in [2.24, 2.45) is 0 Å². The number of hydrogen-bond donors (Lipinski definition) is 1. The molecule has 0 amide bonds. The zero-order valence-electron chi connectivity index (χ0n) is 11.9. The summed E-state index contributed by atoms with van der Waals surface area (Å²) in [7, 11) is 0. The van der Waals surface area contributed by atoms with Gasteiger partial charge < -0.3 is 15.0 Å². The van der Waals surface area contributed by atoms with E-state index in [2.05, 4.69) is 16.8 Å². The highest BCUT2D eigenvalue weighted by Gasteiger charge is 2.22. The molecule has 0 radical (unpaired) electrons. The quantitative estimate of drug-likeness (QED) is 0.935. The molecule has 1 unspecified atom stereocenters. The van der Waals surface area contributed by atoms with Crippen molar-refractivity contribution in [3.63, 3.8) is 0 Å². The van der Waals surface area contributed by atoms with Crippen LogP contribution >= 0.6 is 0 Å². The normalized spacial score (nSPS) is 20.2. The van der Waals surface area contributed by atoms with Gasteiger partial charge in [0.2, 0.25) is 5.95 Å². The van der Waals surface area contributed by atoms with E-state index in [1.54, 1.807) is 4.57 Å². The molecule has 1 aromatic heterocycles. The Morgan fingerprint density at radius 1 is 1.43 bits per heavy atom.